The summed E-state index contributed by atoms with van der Waals surface area (Å²) in [6.45, 7) is 0. The van der Waals surface area contributed by atoms with Crippen LogP contribution in [0.3, 0.4) is 0 Å². The second-order valence-electron chi connectivity index (χ2n) is 3.51. The van der Waals surface area contributed by atoms with Crippen molar-refractivity contribution in [1.29, 1.82) is 0 Å². The number of hydrogen-bond acceptors (Lipinski definition) is 3. The van der Waals surface area contributed by atoms with Gasteiger partial charge >= 0.3 is 0 Å². The Kier molecular flexibility index (Phi) is 3.05. The van der Waals surface area contributed by atoms with Gasteiger partial charge in [-0.3, -0.25) is 4.79 Å². The van der Waals surface area contributed by atoms with Crippen molar-refractivity contribution in [2.24, 2.45) is 5.73 Å². The molecule has 0 unspecified atom stereocenters. The van der Waals surface area contributed by atoms with E-state index in [-0.39, 0.29) is 0 Å². The summed E-state index contributed by atoms with van der Waals surface area (Å²) in [4.78, 5) is 15.2. The number of methoxy groups -OCH3 is 1. The number of pyridine rings is 1. The molecule has 2 aromatic rings. The van der Waals surface area contributed by atoms with E-state index < -0.39 is 5.91 Å². The molecule has 0 spiro atoms. The van der Waals surface area contributed by atoms with E-state index in [9.17, 15) is 4.79 Å². The minimum Gasteiger partial charge on any atom is -0.481 e. The molecule has 2 rings (SSSR count). The third-order valence-corrected chi connectivity index (χ3v) is 2.42. The quantitative estimate of drug-likeness (QED) is 0.871. The van der Waals surface area contributed by atoms with E-state index in [0.29, 0.717) is 11.4 Å². The van der Waals surface area contributed by atoms with E-state index in [0.717, 1.165) is 11.1 Å². The number of hydrogen-bond donors (Lipinski definition) is 1. The van der Waals surface area contributed by atoms with Crippen molar-refractivity contribution in [3.8, 4) is 17.0 Å². The summed E-state index contributed by atoms with van der Waals surface area (Å²) >= 11 is 0. The Morgan fingerprint density at radius 3 is 2.82 bits per heavy atom. The van der Waals surface area contributed by atoms with Crippen LogP contribution in [0, 0.1) is 0 Å². The summed E-state index contributed by atoms with van der Waals surface area (Å²) in [5.74, 6) is 0.0730. The van der Waals surface area contributed by atoms with E-state index in [2.05, 4.69) is 4.98 Å². The maximum Gasteiger partial charge on any atom is 0.248 e. The summed E-state index contributed by atoms with van der Waals surface area (Å²) in [5.41, 5.74) is 7.40. The van der Waals surface area contributed by atoms with Gasteiger partial charge in [-0.1, -0.05) is 12.1 Å². The maximum atomic E-state index is 11.1. The first-order valence-electron chi connectivity index (χ1n) is 5.11. The van der Waals surface area contributed by atoms with Crippen molar-refractivity contribution in [1.82, 2.24) is 4.98 Å². The van der Waals surface area contributed by atoms with Crippen molar-refractivity contribution in [2.75, 3.05) is 7.11 Å². The predicted molar refractivity (Wildman–Crippen MR) is 64.7 cm³/mol. The number of amides is 1. The van der Waals surface area contributed by atoms with Crippen molar-refractivity contribution in [2.45, 2.75) is 0 Å². The molecule has 2 N–H and O–H groups in total. The third-order valence-electron chi connectivity index (χ3n) is 2.42. The summed E-state index contributed by atoms with van der Waals surface area (Å²) < 4.78 is 5.17. The molecule has 0 saturated carbocycles. The molecule has 0 aliphatic rings. The van der Waals surface area contributed by atoms with Gasteiger partial charge in [0, 0.05) is 17.3 Å². The fourth-order valence-electron chi connectivity index (χ4n) is 1.61. The Hall–Kier alpha value is -2.36. The lowest BCUT2D eigenvalue weighted by molar-refractivity contribution is 0.100. The number of nitrogens with zero attached hydrogens (tertiary/aromatic N) is 1. The van der Waals surface area contributed by atoms with Gasteiger partial charge in [0.1, 0.15) is 0 Å². The Bertz CT molecular complexity index is 553. The van der Waals surface area contributed by atoms with Crippen LogP contribution in [0.1, 0.15) is 10.4 Å². The lowest BCUT2D eigenvalue weighted by Gasteiger charge is -2.07. The van der Waals surface area contributed by atoms with Crippen LogP contribution in [0.25, 0.3) is 11.1 Å². The molecule has 1 aromatic heterocycles. The second-order valence-corrected chi connectivity index (χ2v) is 3.51. The van der Waals surface area contributed by atoms with Crippen LogP contribution in [0.15, 0.2) is 42.6 Å². The first-order valence-corrected chi connectivity index (χ1v) is 5.11. The van der Waals surface area contributed by atoms with Gasteiger partial charge in [-0.15, -0.1) is 0 Å². The molecule has 0 atom stereocenters. The minimum absolute atomic E-state index is 0.449. The molecule has 0 radical (unpaired) electrons. The fourth-order valence-corrected chi connectivity index (χ4v) is 1.61. The second kappa shape index (κ2) is 4.65. The van der Waals surface area contributed by atoms with Gasteiger partial charge in [0.2, 0.25) is 11.8 Å². The molecule has 0 fully saturated rings. The van der Waals surface area contributed by atoms with Crippen LogP contribution < -0.4 is 10.5 Å². The van der Waals surface area contributed by atoms with Crippen LogP contribution in [0.4, 0.5) is 0 Å². The molecule has 1 aromatic carbocycles. The Morgan fingerprint density at radius 1 is 1.29 bits per heavy atom. The first kappa shape index (κ1) is 11.1. The summed E-state index contributed by atoms with van der Waals surface area (Å²) in [6, 6.07) is 10.8. The van der Waals surface area contributed by atoms with Gasteiger partial charge in [0.15, 0.2) is 0 Å². The molecule has 4 heteroatoms. The van der Waals surface area contributed by atoms with E-state index in [1.54, 1.807) is 31.5 Å². The van der Waals surface area contributed by atoms with Crippen LogP contribution in [-0.4, -0.2) is 18.0 Å². The lowest BCUT2D eigenvalue weighted by atomic mass is 10.0. The molecule has 0 aliphatic carbocycles. The van der Waals surface area contributed by atoms with Crippen LogP contribution >= 0.6 is 0 Å². The molecule has 0 saturated heterocycles. The number of benzene rings is 1. The van der Waals surface area contributed by atoms with Gasteiger partial charge in [-0.2, -0.15) is 0 Å². The Morgan fingerprint density at radius 2 is 2.12 bits per heavy atom. The van der Waals surface area contributed by atoms with Gasteiger partial charge in [0.05, 0.1) is 7.11 Å². The summed E-state index contributed by atoms with van der Waals surface area (Å²) in [6.07, 6.45) is 1.65. The van der Waals surface area contributed by atoms with Crippen molar-refractivity contribution >= 4 is 5.91 Å². The van der Waals surface area contributed by atoms with E-state index in [1.165, 1.54) is 0 Å². The maximum absolute atomic E-state index is 11.1. The van der Waals surface area contributed by atoms with Crippen molar-refractivity contribution in [3.05, 3.63) is 48.2 Å². The smallest absolute Gasteiger partial charge is 0.248 e. The fraction of sp³-hybridized carbons (Fsp3) is 0.0769. The average Bonchev–Trinajstić information content (AvgIpc) is 2.39. The van der Waals surface area contributed by atoms with Crippen molar-refractivity contribution < 1.29 is 9.53 Å². The number of primary amides is 1. The highest BCUT2D eigenvalue weighted by atomic mass is 16.5. The highest BCUT2D eigenvalue weighted by Gasteiger charge is 2.08. The van der Waals surface area contributed by atoms with Crippen LogP contribution in [0.5, 0.6) is 5.88 Å². The molecular weight excluding hydrogens is 216 g/mol. The van der Waals surface area contributed by atoms with Crippen molar-refractivity contribution in [3.63, 3.8) is 0 Å². The largest absolute Gasteiger partial charge is 0.481 e. The summed E-state index contributed by atoms with van der Waals surface area (Å²) in [5, 5.41) is 0. The minimum atomic E-state index is -0.449. The molecule has 1 heterocycles. The van der Waals surface area contributed by atoms with E-state index >= 15 is 0 Å². The van der Waals surface area contributed by atoms with Crippen LogP contribution in [0.2, 0.25) is 0 Å². The van der Waals surface area contributed by atoms with Gasteiger partial charge < -0.3 is 10.5 Å². The lowest BCUT2D eigenvalue weighted by Crippen LogP contribution is -2.10. The van der Waals surface area contributed by atoms with E-state index in [1.807, 2.05) is 18.2 Å². The van der Waals surface area contributed by atoms with Gasteiger partial charge in [0.25, 0.3) is 0 Å². The number of carbonyl (C=O) groups excluding carboxylic acids is 1. The number of ether oxygens (including phenoxy) is 1. The SMILES string of the molecule is COc1ncccc1-c1cccc(C(N)=O)c1. The average molecular weight is 228 g/mol. The monoisotopic (exact) mass is 228 g/mol. The molecule has 1 amide bonds. The normalized spacial score (nSPS) is 9.94. The zero-order valence-electron chi connectivity index (χ0n) is 9.38. The zero-order chi connectivity index (χ0) is 12.3. The zero-order valence-corrected chi connectivity index (χ0v) is 9.38. The Labute approximate surface area is 99.1 Å². The molecule has 17 heavy (non-hydrogen) atoms. The highest BCUT2D eigenvalue weighted by molar-refractivity contribution is 5.94. The molecule has 86 valence electrons. The first-order chi connectivity index (χ1) is 8.22. The summed E-state index contributed by atoms with van der Waals surface area (Å²) in [7, 11) is 1.56. The topological polar surface area (TPSA) is 65.2 Å². The van der Waals surface area contributed by atoms with Gasteiger partial charge in [-0.05, 0) is 29.8 Å². The number of rotatable bonds is 3. The third kappa shape index (κ3) is 2.25. The molecule has 0 aliphatic heterocycles. The highest BCUT2D eigenvalue weighted by Crippen LogP contribution is 2.27. The standard InChI is InChI=1S/C13H12N2O2/c1-17-13-11(6-3-7-15-13)9-4-2-5-10(8-9)12(14)16/h2-8H,1H3,(H2,14,16). The number of carbonyl (C=O) groups is 1. The Balaban J connectivity index is 2.52. The van der Waals surface area contributed by atoms with E-state index in [4.69, 9.17) is 10.5 Å². The molecule has 4 nitrogen and oxygen atoms in total. The number of nitrogens with two attached hydrogens (primary N) is 1. The predicted octanol–water partition coefficient (Wildman–Crippen LogP) is 1.86. The van der Waals surface area contributed by atoms with Crippen LogP contribution in [-0.2, 0) is 0 Å². The molecule has 0 bridgehead atoms. The van der Waals surface area contributed by atoms with Gasteiger partial charge in [-0.25, -0.2) is 4.98 Å². The number of aromatic nitrogens is 1. The molecular formula is C13H12N2O2.